The molecule has 0 saturated heterocycles. The first kappa shape index (κ1) is 25.9. The van der Waals surface area contributed by atoms with E-state index in [9.17, 15) is 14.4 Å². The molecule has 184 valence electrons. The van der Waals surface area contributed by atoms with E-state index in [0.717, 1.165) is 43.4 Å². The SMILES string of the molecule is Cc1csc(NC(=O)CCC(=O)N(CCC(C)C)[C@H](C(=O)NC2CCCC2)c2ccccc2)n1. The van der Waals surface area contributed by atoms with E-state index in [1.165, 1.54) is 11.3 Å². The molecule has 3 rings (SSSR count). The van der Waals surface area contributed by atoms with Crippen LogP contribution < -0.4 is 10.6 Å². The molecule has 2 aromatic rings. The van der Waals surface area contributed by atoms with E-state index in [1.807, 2.05) is 42.6 Å². The number of aromatic nitrogens is 1. The summed E-state index contributed by atoms with van der Waals surface area (Å²) < 4.78 is 0. The van der Waals surface area contributed by atoms with Crippen molar-refractivity contribution < 1.29 is 14.4 Å². The molecule has 3 amide bonds. The first-order valence-corrected chi connectivity index (χ1v) is 13.1. The Kier molecular flexibility index (Phi) is 9.62. The Morgan fingerprint density at radius 2 is 1.82 bits per heavy atom. The number of hydrogen-bond donors (Lipinski definition) is 2. The molecule has 1 aromatic heterocycles. The summed E-state index contributed by atoms with van der Waals surface area (Å²) in [7, 11) is 0. The van der Waals surface area contributed by atoms with Crippen molar-refractivity contribution in [3.63, 3.8) is 0 Å². The van der Waals surface area contributed by atoms with Crippen LogP contribution >= 0.6 is 11.3 Å². The van der Waals surface area contributed by atoms with Crippen LogP contribution in [0.4, 0.5) is 5.13 Å². The molecule has 2 N–H and O–H groups in total. The van der Waals surface area contributed by atoms with Crippen LogP contribution in [0.2, 0.25) is 0 Å². The zero-order valence-electron chi connectivity index (χ0n) is 20.4. The highest BCUT2D eigenvalue weighted by Gasteiger charge is 2.33. The molecule has 0 unspecified atom stereocenters. The fourth-order valence-corrected chi connectivity index (χ4v) is 4.92. The fraction of sp³-hybridized carbons (Fsp3) is 0.538. The van der Waals surface area contributed by atoms with Gasteiger partial charge in [-0.1, -0.05) is 57.0 Å². The van der Waals surface area contributed by atoms with E-state index < -0.39 is 6.04 Å². The second kappa shape index (κ2) is 12.6. The Morgan fingerprint density at radius 3 is 2.44 bits per heavy atom. The van der Waals surface area contributed by atoms with Crippen LogP contribution in [0, 0.1) is 12.8 Å². The Bertz CT molecular complexity index is 954. The second-order valence-corrected chi connectivity index (χ2v) is 10.3. The average molecular weight is 485 g/mol. The highest BCUT2D eigenvalue weighted by Crippen LogP contribution is 2.26. The minimum atomic E-state index is -0.710. The maximum absolute atomic E-state index is 13.5. The maximum atomic E-state index is 13.5. The third-order valence-electron chi connectivity index (χ3n) is 6.08. The number of carbonyl (C=O) groups excluding carboxylic acids is 3. The molecule has 0 aliphatic heterocycles. The maximum Gasteiger partial charge on any atom is 0.247 e. The number of amides is 3. The normalized spacial score (nSPS) is 14.7. The van der Waals surface area contributed by atoms with Gasteiger partial charge in [-0.05, 0) is 37.7 Å². The Balaban J connectivity index is 1.75. The largest absolute Gasteiger partial charge is 0.351 e. The molecule has 1 fully saturated rings. The number of anilines is 1. The highest BCUT2D eigenvalue weighted by molar-refractivity contribution is 7.13. The zero-order valence-corrected chi connectivity index (χ0v) is 21.2. The Hall–Kier alpha value is -2.74. The molecule has 1 heterocycles. The van der Waals surface area contributed by atoms with Crippen LogP contribution in [0.3, 0.4) is 0 Å². The van der Waals surface area contributed by atoms with E-state index in [-0.39, 0.29) is 36.6 Å². The minimum Gasteiger partial charge on any atom is -0.351 e. The molecule has 1 aliphatic rings. The molecule has 7 nitrogen and oxygen atoms in total. The Labute approximate surface area is 206 Å². The quantitative estimate of drug-likeness (QED) is 0.477. The lowest BCUT2D eigenvalue weighted by Crippen LogP contribution is -2.46. The van der Waals surface area contributed by atoms with Crippen molar-refractivity contribution in [1.29, 1.82) is 0 Å². The average Bonchev–Trinajstić information content (AvgIpc) is 3.46. The van der Waals surface area contributed by atoms with E-state index in [0.29, 0.717) is 17.6 Å². The summed E-state index contributed by atoms with van der Waals surface area (Å²) in [5, 5.41) is 8.33. The van der Waals surface area contributed by atoms with Crippen LogP contribution in [0.5, 0.6) is 0 Å². The van der Waals surface area contributed by atoms with Gasteiger partial charge in [0.25, 0.3) is 0 Å². The minimum absolute atomic E-state index is 0.0360. The van der Waals surface area contributed by atoms with Crippen LogP contribution in [0.15, 0.2) is 35.7 Å². The van der Waals surface area contributed by atoms with Gasteiger partial charge in [0, 0.05) is 30.8 Å². The molecule has 1 aromatic carbocycles. The van der Waals surface area contributed by atoms with Crippen LogP contribution in [0.1, 0.15) is 76.1 Å². The first-order chi connectivity index (χ1) is 16.3. The summed E-state index contributed by atoms with van der Waals surface area (Å²) in [6.45, 7) is 6.52. The zero-order chi connectivity index (χ0) is 24.5. The number of rotatable bonds is 11. The third-order valence-corrected chi connectivity index (χ3v) is 6.95. The molecule has 34 heavy (non-hydrogen) atoms. The van der Waals surface area contributed by atoms with Gasteiger partial charge in [0.1, 0.15) is 6.04 Å². The van der Waals surface area contributed by atoms with Crippen molar-refractivity contribution in [3.8, 4) is 0 Å². The lowest BCUT2D eigenvalue weighted by molar-refractivity contribution is -0.142. The summed E-state index contributed by atoms with van der Waals surface area (Å²) >= 11 is 1.36. The summed E-state index contributed by atoms with van der Waals surface area (Å²) in [6.07, 6.45) is 5.04. The van der Waals surface area contributed by atoms with Gasteiger partial charge in [0.05, 0.1) is 5.69 Å². The van der Waals surface area contributed by atoms with Gasteiger partial charge in [0.15, 0.2) is 5.13 Å². The number of nitrogens with one attached hydrogen (secondary N) is 2. The Morgan fingerprint density at radius 1 is 1.12 bits per heavy atom. The van der Waals surface area contributed by atoms with Gasteiger partial charge < -0.3 is 15.5 Å². The van der Waals surface area contributed by atoms with Crippen LogP contribution in [0.25, 0.3) is 0 Å². The van der Waals surface area contributed by atoms with Crippen LogP contribution in [-0.2, 0) is 14.4 Å². The van der Waals surface area contributed by atoms with Crippen molar-refractivity contribution in [3.05, 3.63) is 47.0 Å². The number of thiazole rings is 1. The lowest BCUT2D eigenvalue weighted by Gasteiger charge is -2.33. The van der Waals surface area contributed by atoms with Crippen LogP contribution in [-0.4, -0.2) is 40.2 Å². The van der Waals surface area contributed by atoms with Gasteiger partial charge in [-0.3, -0.25) is 14.4 Å². The van der Waals surface area contributed by atoms with E-state index >= 15 is 0 Å². The molecular weight excluding hydrogens is 448 g/mol. The van der Waals surface area contributed by atoms with Crippen molar-refractivity contribution in [1.82, 2.24) is 15.2 Å². The lowest BCUT2D eigenvalue weighted by atomic mass is 10.0. The standard InChI is InChI=1S/C26H36N4O3S/c1-18(2)15-16-30(23(32)14-13-22(31)29-26-27-19(3)17-34-26)24(20-9-5-4-6-10-20)25(33)28-21-11-7-8-12-21/h4-6,9-10,17-18,21,24H,7-8,11-16H2,1-3H3,(H,28,33)(H,27,29,31)/t24-/m0/s1. The summed E-state index contributed by atoms with van der Waals surface area (Å²) in [4.78, 5) is 45.2. The molecule has 0 spiro atoms. The smallest absolute Gasteiger partial charge is 0.247 e. The molecule has 0 radical (unpaired) electrons. The predicted molar refractivity (Wildman–Crippen MR) is 135 cm³/mol. The highest BCUT2D eigenvalue weighted by atomic mass is 32.1. The van der Waals surface area contributed by atoms with Crippen molar-refractivity contribution in [2.45, 2.75) is 77.8 Å². The number of benzene rings is 1. The molecule has 0 bridgehead atoms. The molecule has 8 heteroatoms. The molecule has 1 aliphatic carbocycles. The van der Waals surface area contributed by atoms with E-state index in [2.05, 4.69) is 29.5 Å². The van der Waals surface area contributed by atoms with Gasteiger partial charge in [0.2, 0.25) is 17.7 Å². The third kappa shape index (κ3) is 7.65. The summed E-state index contributed by atoms with van der Waals surface area (Å²) in [6, 6.07) is 8.92. The van der Waals surface area contributed by atoms with Gasteiger partial charge in [-0.2, -0.15) is 0 Å². The first-order valence-electron chi connectivity index (χ1n) is 12.2. The molecular formula is C26H36N4O3S. The van der Waals surface area contributed by atoms with E-state index in [4.69, 9.17) is 0 Å². The predicted octanol–water partition coefficient (Wildman–Crippen LogP) is 4.85. The number of hydrogen-bond acceptors (Lipinski definition) is 5. The van der Waals surface area contributed by atoms with Gasteiger partial charge >= 0.3 is 0 Å². The molecule has 1 atom stereocenters. The number of nitrogens with zero attached hydrogens (tertiary/aromatic N) is 2. The monoisotopic (exact) mass is 484 g/mol. The summed E-state index contributed by atoms with van der Waals surface area (Å²) in [5.41, 5.74) is 1.63. The van der Waals surface area contributed by atoms with Crippen molar-refractivity contribution in [2.24, 2.45) is 5.92 Å². The number of carbonyl (C=O) groups is 3. The van der Waals surface area contributed by atoms with Gasteiger partial charge in [-0.15, -0.1) is 11.3 Å². The topological polar surface area (TPSA) is 91.4 Å². The molecule has 1 saturated carbocycles. The van der Waals surface area contributed by atoms with Gasteiger partial charge in [-0.25, -0.2) is 4.98 Å². The second-order valence-electron chi connectivity index (χ2n) is 9.42. The van der Waals surface area contributed by atoms with Crippen molar-refractivity contribution in [2.75, 3.05) is 11.9 Å². The summed E-state index contributed by atoms with van der Waals surface area (Å²) in [5.74, 6) is -0.210. The number of aryl methyl sites for hydroxylation is 1. The fourth-order valence-electron chi connectivity index (χ4n) is 4.21. The van der Waals surface area contributed by atoms with Crippen molar-refractivity contribution >= 4 is 34.2 Å². The van der Waals surface area contributed by atoms with E-state index in [1.54, 1.807) is 4.90 Å².